The first kappa shape index (κ1) is 25.0. The Bertz CT molecular complexity index is 1070. The molecule has 8 nitrogen and oxygen atoms in total. The van der Waals surface area contributed by atoms with Gasteiger partial charge in [0, 0.05) is 43.5 Å². The standard InChI is InChI=1S/C27H37N7O/c1-20(31-19-24-10-5-6-13-29-24)26(35)32-17-21-11-12-25-22(16-21)18-33-27(34-25)30-15-7-14-28-23-8-3-2-4-9-23/h5-6,10-13,16,18,20,23,28,31H,2-4,7-9,14-15,17,19H2,1H3,(H,32,35)(H,30,33,34)/t20-/m0/s1. The zero-order valence-corrected chi connectivity index (χ0v) is 20.6. The van der Waals surface area contributed by atoms with Crippen molar-refractivity contribution in [1.82, 2.24) is 30.9 Å². The van der Waals surface area contributed by atoms with Crippen LogP contribution in [0.3, 0.4) is 0 Å². The van der Waals surface area contributed by atoms with Gasteiger partial charge in [0.2, 0.25) is 11.9 Å². The van der Waals surface area contributed by atoms with Crippen molar-refractivity contribution < 1.29 is 4.79 Å². The molecule has 0 radical (unpaired) electrons. The molecule has 1 fully saturated rings. The summed E-state index contributed by atoms with van der Waals surface area (Å²) in [6.45, 7) is 4.74. The number of anilines is 1. The van der Waals surface area contributed by atoms with Crippen LogP contribution in [0.5, 0.6) is 0 Å². The minimum atomic E-state index is -0.313. The van der Waals surface area contributed by atoms with E-state index in [-0.39, 0.29) is 11.9 Å². The number of nitrogens with one attached hydrogen (secondary N) is 4. The van der Waals surface area contributed by atoms with Crippen molar-refractivity contribution in [2.75, 3.05) is 18.4 Å². The molecular weight excluding hydrogens is 438 g/mol. The van der Waals surface area contributed by atoms with Crippen LogP contribution in [0.1, 0.15) is 56.7 Å². The normalized spacial score (nSPS) is 15.1. The Hall–Kier alpha value is -3.10. The maximum absolute atomic E-state index is 12.5. The van der Waals surface area contributed by atoms with Gasteiger partial charge in [0.1, 0.15) is 0 Å². The molecule has 1 aliphatic rings. The second-order valence-electron chi connectivity index (χ2n) is 9.30. The molecule has 186 valence electrons. The Morgan fingerprint density at radius 3 is 2.77 bits per heavy atom. The van der Waals surface area contributed by atoms with Crippen LogP contribution in [0, 0.1) is 0 Å². The van der Waals surface area contributed by atoms with Crippen LogP contribution in [0.4, 0.5) is 5.95 Å². The van der Waals surface area contributed by atoms with Gasteiger partial charge in [0.15, 0.2) is 0 Å². The number of nitrogens with zero attached hydrogens (tertiary/aromatic N) is 3. The minimum Gasteiger partial charge on any atom is -0.354 e. The van der Waals surface area contributed by atoms with Crippen molar-refractivity contribution in [2.24, 2.45) is 0 Å². The molecule has 2 aromatic heterocycles. The highest BCUT2D eigenvalue weighted by molar-refractivity contribution is 5.82. The van der Waals surface area contributed by atoms with Crippen LogP contribution < -0.4 is 21.3 Å². The van der Waals surface area contributed by atoms with Gasteiger partial charge in [-0.05, 0) is 62.6 Å². The summed E-state index contributed by atoms with van der Waals surface area (Å²) in [7, 11) is 0. The number of hydrogen-bond acceptors (Lipinski definition) is 7. The Morgan fingerprint density at radius 2 is 1.94 bits per heavy atom. The monoisotopic (exact) mass is 475 g/mol. The maximum atomic E-state index is 12.5. The first-order valence-corrected chi connectivity index (χ1v) is 12.8. The topological polar surface area (TPSA) is 104 Å². The fourth-order valence-electron chi connectivity index (χ4n) is 4.37. The van der Waals surface area contributed by atoms with Crippen LogP contribution in [-0.2, 0) is 17.9 Å². The van der Waals surface area contributed by atoms with Gasteiger partial charge in [0.25, 0.3) is 0 Å². The van der Waals surface area contributed by atoms with Crippen molar-refractivity contribution >= 4 is 22.8 Å². The van der Waals surface area contributed by atoms with E-state index in [2.05, 4.69) is 36.2 Å². The molecule has 0 saturated heterocycles. The largest absolute Gasteiger partial charge is 0.354 e. The molecule has 1 atom stereocenters. The van der Waals surface area contributed by atoms with E-state index in [1.807, 2.05) is 49.5 Å². The zero-order chi connectivity index (χ0) is 24.3. The van der Waals surface area contributed by atoms with Crippen LogP contribution in [0.2, 0.25) is 0 Å². The van der Waals surface area contributed by atoms with Crippen LogP contribution in [0.25, 0.3) is 10.9 Å². The number of aromatic nitrogens is 3. The molecule has 1 amide bonds. The third kappa shape index (κ3) is 7.97. The molecule has 3 aromatic rings. The number of rotatable bonds is 12. The average molecular weight is 476 g/mol. The summed E-state index contributed by atoms with van der Waals surface area (Å²) in [5, 5.41) is 14.2. The second-order valence-corrected chi connectivity index (χ2v) is 9.30. The lowest BCUT2D eigenvalue weighted by Crippen LogP contribution is -2.41. The SMILES string of the molecule is C[C@H](NCc1ccccn1)C(=O)NCc1ccc2nc(NCCCNC3CCCCC3)ncc2c1. The molecule has 35 heavy (non-hydrogen) atoms. The van der Waals surface area contributed by atoms with E-state index in [0.717, 1.165) is 41.7 Å². The molecule has 1 aromatic carbocycles. The lowest BCUT2D eigenvalue weighted by Gasteiger charge is -2.22. The van der Waals surface area contributed by atoms with E-state index < -0.39 is 0 Å². The second kappa shape index (κ2) is 13.1. The van der Waals surface area contributed by atoms with E-state index in [0.29, 0.717) is 25.1 Å². The quantitative estimate of drug-likeness (QED) is 0.297. The summed E-state index contributed by atoms with van der Waals surface area (Å²) in [4.78, 5) is 25.8. The number of carbonyl (C=O) groups excluding carboxylic acids is 1. The van der Waals surface area contributed by atoms with Gasteiger partial charge in [-0.1, -0.05) is 31.4 Å². The molecule has 0 unspecified atom stereocenters. The van der Waals surface area contributed by atoms with Crippen molar-refractivity contribution in [3.63, 3.8) is 0 Å². The van der Waals surface area contributed by atoms with Gasteiger partial charge >= 0.3 is 0 Å². The van der Waals surface area contributed by atoms with Gasteiger partial charge in [-0.25, -0.2) is 9.97 Å². The van der Waals surface area contributed by atoms with E-state index in [1.54, 1.807) is 6.20 Å². The Labute approximate surface area is 207 Å². The van der Waals surface area contributed by atoms with Crippen LogP contribution >= 0.6 is 0 Å². The van der Waals surface area contributed by atoms with Gasteiger partial charge in [0.05, 0.1) is 17.3 Å². The van der Waals surface area contributed by atoms with Crippen molar-refractivity contribution in [3.8, 4) is 0 Å². The number of amides is 1. The summed E-state index contributed by atoms with van der Waals surface area (Å²) in [5.41, 5.74) is 2.82. The number of hydrogen-bond donors (Lipinski definition) is 4. The summed E-state index contributed by atoms with van der Waals surface area (Å²) >= 11 is 0. The fourth-order valence-corrected chi connectivity index (χ4v) is 4.37. The van der Waals surface area contributed by atoms with Crippen LogP contribution in [-0.4, -0.2) is 46.0 Å². The summed E-state index contributed by atoms with van der Waals surface area (Å²) in [6, 6.07) is 12.1. The third-order valence-corrected chi connectivity index (χ3v) is 6.49. The molecular formula is C27H37N7O. The fraction of sp³-hybridized carbons (Fsp3) is 0.481. The molecule has 1 saturated carbocycles. The van der Waals surface area contributed by atoms with Crippen LogP contribution in [0.15, 0.2) is 48.8 Å². The van der Waals surface area contributed by atoms with E-state index >= 15 is 0 Å². The Balaban J connectivity index is 1.19. The van der Waals surface area contributed by atoms with E-state index in [9.17, 15) is 4.79 Å². The zero-order valence-electron chi connectivity index (χ0n) is 20.6. The van der Waals surface area contributed by atoms with E-state index in [1.165, 1.54) is 32.1 Å². The number of carbonyl (C=O) groups is 1. The summed E-state index contributed by atoms with van der Waals surface area (Å²) in [6.07, 6.45) is 11.4. The van der Waals surface area contributed by atoms with Gasteiger partial charge in [-0.15, -0.1) is 0 Å². The third-order valence-electron chi connectivity index (χ3n) is 6.49. The van der Waals surface area contributed by atoms with Crippen molar-refractivity contribution in [2.45, 2.75) is 70.6 Å². The van der Waals surface area contributed by atoms with Crippen molar-refractivity contribution in [3.05, 3.63) is 60.0 Å². The molecule has 0 spiro atoms. The predicted molar refractivity (Wildman–Crippen MR) is 140 cm³/mol. The predicted octanol–water partition coefficient (Wildman–Crippen LogP) is 3.54. The van der Waals surface area contributed by atoms with Crippen molar-refractivity contribution in [1.29, 1.82) is 0 Å². The Kier molecular flexibility index (Phi) is 9.37. The number of pyridine rings is 1. The Morgan fingerprint density at radius 1 is 1.06 bits per heavy atom. The highest BCUT2D eigenvalue weighted by atomic mass is 16.2. The number of benzene rings is 1. The average Bonchev–Trinajstić information content (AvgIpc) is 2.91. The molecule has 4 N–H and O–H groups in total. The molecule has 1 aliphatic carbocycles. The smallest absolute Gasteiger partial charge is 0.237 e. The first-order chi connectivity index (χ1) is 17.2. The van der Waals surface area contributed by atoms with Gasteiger partial charge in [-0.3, -0.25) is 9.78 Å². The number of fused-ring (bicyclic) bond motifs is 1. The summed E-state index contributed by atoms with van der Waals surface area (Å²) < 4.78 is 0. The molecule has 0 aliphatic heterocycles. The van der Waals surface area contributed by atoms with E-state index in [4.69, 9.17) is 0 Å². The summed E-state index contributed by atoms with van der Waals surface area (Å²) in [5.74, 6) is 0.610. The molecule has 0 bridgehead atoms. The highest BCUT2D eigenvalue weighted by Crippen LogP contribution is 2.17. The lowest BCUT2D eigenvalue weighted by atomic mass is 9.95. The first-order valence-electron chi connectivity index (χ1n) is 12.8. The van der Waals surface area contributed by atoms with Gasteiger partial charge in [-0.2, -0.15) is 0 Å². The molecule has 2 heterocycles. The molecule has 4 rings (SSSR count). The highest BCUT2D eigenvalue weighted by Gasteiger charge is 2.13. The molecule has 8 heteroatoms. The van der Waals surface area contributed by atoms with Gasteiger partial charge < -0.3 is 21.3 Å². The maximum Gasteiger partial charge on any atom is 0.237 e. The lowest BCUT2D eigenvalue weighted by molar-refractivity contribution is -0.122. The minimum absolute atomic E-state index is 0.0465.